The van der Waals surface area contributed by atoms with E-state index in [1.807, 2.05) is 26.0 Å². The van der Waals surface area contributed by atoms with Crippen molar-refractivity contribution >= 4 is 17.9 Å². The molecule has 3 unspecified atom stereocenters. The van der Waals surface area contributed by atoms with Crippen LogP contribution in [0.25, 0.3) is 0 Å². The lowest BCUT2D eigenvalue weighted by molar-refractivity contribution is -0.177. The molecule has 0 aromatic rings. The molecule has 0 radical (unpaired) electrons. The first-order chi connectivity index (χ1) is 13.5. The van der Waals surface area contributed by atoms with Crippen LogP contribution in [0.15, 0.2) is 23.3 Å². The Kier molecular flexibility index (Phi) is 3.47. The molecule has 0 amide bonds. The molecule has 0 N–H and O–H groups in total. The van der Waals surface area contributed by atoms with E-state index in [9.17, 15) is 14.4 Å². The zero-order valence-corrected chi connectivity index (χ0v) is 17.8. The minimum absolute atomic E-state index is 0.0669. The zero-order valence-electron chi connectivity index (χ0n) is 17.8. The van der Waals surface area contributed by atoms with E-state index in [2.05, 4.69) is 20.8 Å². The van der Waals surface area contributed by atoms with Crippen LogP contribution in [0.3, 0.4) is 0 Å². The Morgan fingerprint density at radius 1 is 1.21 bits per heavy atom. The number of carbonyl (C=O) groups is 3. The molecule has 4 aliphatic carbocycles. The Bertz CT molecular complexity index is 912. The molecule has 8 atom stereocenters. The van der Waals surface area contributed by atoms with Crippen LogP contribution in [-0.4, -0.2) is 35.7 Å². The van der Waals surface area contributed by atoms with E-state index in [1.165, 1.54) is 6.92 Å². The molecule has 156 valence electrons. The van der Waals surface area contributed by atoms with Gasteiger partial charge in [0.2, 0.25) is 5.60 Å². The number of allylic oxidation sites excluding steroid dienone is 1. The fraction of sp³-hybridized carbons (Fsp3) is 0.696. The summed E-state index contributed by atoms with van der Waals surface area (Å²) in [5.41, 5.74) is -0.814. The largest absolute Gasteiger partial charge is 0.509 e. The number of hydrogen-bond acceptors (Lipinski definition) is 6. The molecule has 5 aliphatic rings. The summed E-state index contributed by atoms with van der Waals surface area (Å²) in [6.07, 6.45) is 2.37. The van der Waals surface area contributed by atoms with Crippen molar-refractivity contribution in [1.82, 2.24) is 0 Å². The quantitative estimate of drug-likeness (QED) is 0.494. The van der Waals surface area contributed by atoms with Gasteiger partial charge in [0.1, 0.15) is 0 Å². The van der Waals surface area contributed by atoms with Crippen LogP contribution >= 0.6 is 0 Å². The van der Waals surface area contributed by atoms with Gasteiger partial charge < -0.3 is 14.2 Å². The number of carbonyl (C=O) groups excluding carboxylic acids is 3. The first-order valence-corrected chi connectivity index (χ1v) is 10.5. The van der Waals surface area contributed by atoms with Crippen molar-refractivity contribution in [2.45, 2.75) is 65.8 Å². The number of fused-ring (bicyclic) bond motifs is 3. The third kappa shape index (κ3) is 1.96. The molecule has 1 heterocycles. The van der Waals surface area contributed by atoms with E-state index < -0.39 is 35.3 Å². The van der Waals surface area contributed by atoms with Gasteiger partial charge in [-0.05, 0) is 54.6 Å². The van der Waals surface area contributed by atoms with E-state index in [-0.39, 0.29) is 29.0 Å². The molecular weight excluding hydrogens is 372 g/mol. The summed E-state index contributed by atoms with van der Waals surface area (Å²) in [6, 6.07) is 0. The maximum Gasteiger partial charge on any atom is 0.509 e. The molecule has 5 rings (SSSR count). The topological polar surface area (TPSA) is 78.9 Å². The molecule has 0 aromatic carbocycles. The predicted molar refractivity (Wildman–Crippen MR) is 103 cm³/mol. The van der Waals surface area contributed by atoms with E-state index in [0.717, 1.165) is 17.6 Å². The normalized spacial score (nSPS) is 48.6. The van der Waals surface area contributed by atoms with Gasteiger partial charge in [0, 0.05) is 12.8 Å². The molecule has 2 spiro atoms. The fourth-order valence-corrected chi connectivity index (χ4v) is 7.31. The Balaban J connectivity index is 1.79. The summed E-state index contributed by atoms with van der Waals surface area (Å²) in [7, 11) is 0. The third-order valence-electron chi connectivity index (χ3n) is 8.52. The SMILES string of the molecule is CC(=O)OC1C(C)=C[C@]23C(=O)C(C=C(C)[C@H]4OC(=O)O[C@]142)[C@H]1C(C[C@H]3C)C1(C)C. The molecule has 0 aromatic heterocycles. The maximum absolute atomic E-state index is 14.3. The minimum Gasteiger partial charge on any atom is -0.453 e. The summed E-state index contributed by atoms with van der Waals surface area (Å²) >= 11 is 0. The monoisotopic (exact) mass is 400 g/mol. The van der Waals surface area contributed by atoms with Crippen LogP contribution in [0.2, 0.25) is 0 Å². The first kappa shape index (κ1) is 18.9. The van der Waals surface area contributed by atoms with Gasteiger partial charge >= 0.3 is 12.1 Å². The van der Waals surface area contributed by atoms with Gasteiger partial charge in [-0.3, -0.25) is 9.59 Å². The molecule has 3 fully saturated rings. The standard InChI is InChI=1S/C23H28O6/c1-10-7-14-16-15(21(16,5)6)8-12(3)22(17(14)25)9-11(2)19(27-13(4)24)23(22)18(10)28-20(26)29-23/h7,9,12,14-16,18-19H,8H2,1-6H3/t12-,14?,15?,16+,18-,19?,22+,23+/m1/s1. The Hall–Kier alpha value is -2.11. The van der Waals surface area contributed by atoms with Crippen LogP contribution in [0, 0.1) is 34.5 Å². The van der Waals surface area contributed by atoms with Crippen molar-refractivity contribution in [2.24, 2.45) is 34.5 Å². The summed E-state index contributed by atoms with van der Waals surface area (Å²) in [4.78, 5) is 38.7. The summed E-state index contributed by atoms with van der Waals surface area (Å²) < 4.78 is 17.3. The highest BCUT2D eigenvalue weighted by Crippen LogP contribution is 2.72. The van der Waals surface area contributed by atoms with Crippen LogP contribution in [0.1, 0.15) is 48.0 Å². The molecule has 6 heteroatoms. The summed E-state index contributed by atoms with van der Waals surface area (Å²) in [6.45, 7) is 11.6. The van der Waals surface area contributed by atoms with Crippen molar-refractivity contribution in [1.29, 1.82) is 0 Å². The maximum atomic E-state index is 14.3. The van der Waals surface area contributed by atoms with E-state index >= 15 is 0 Å². The van der Waals surface area contributed by atoms with E-state index in [0.29, 0.717) is 5.92 Å². The molecule has 29 heavy (non-hydrogen) atoms. The minimum atomic E-state index is -1.38. The predicted octanol–water partition coefficient (Wildman–Crippen LogP) is 3.60. The Labute approximate surface area is 170 Å². The lowest BCUT2D eigenvalue weighted by Crippen LogP contribution is -2.64. The second-order valence-electron chi connectivity index (χ2n) is 10.3. The number of rotatable bonds is 1. The smallest absolute Gasteiger partial charge is 0.453 e. The summed E-state index contributed by atoms with van der Waals surface area (Å²) in [5, 5.41) is 0. The lowest BCUT2D eigenvalue weighted by atomic mass is 9.59. The number of ether oxygens (including phenoxy) is 3. The van der Waals surface area contributed by atoms with Crippen molar-refractivity contribution < 1.29 is 28.6 Å². The first-order valence-electron chi connectivity index (χ1n) is 10.5. The second-order valence-corrected chi connectivity index (χ2v) is 10.3. The van der Waals surface area contributed by atoms with Gasteiger partial charge in [-0.25, -0.2) is 4.79 Å². The van der Waals surface area contributed by atoms with Crippen molar-refractivity contribution in [3.63, 3.8) is 0 Å². The van der Waals surface area contributed by atoms with Gasteiger partial charge in [-0.2, -0.15) is 0 Å². The highest BCUT2D eigenvalue weighted by Gasteiger charge is 2.80. The number of ketones is 1. The Morgan fingerprint density at radius 3 is 2.55 bits per heavy atom. The second kappa shape index (κ2) is 5.32. The van der Waals surface area contributed by atoms with Gasteiger partial charge in [0.25, 0.3) is 0 Å². The Morgan fingerprint density at radius 2 is 1.90 bits per heavy atom. The number of Topliss-reactive ketones (excluding diaryl/α,β-unsaturated/α-hetero) is 1. The molecular formula is C23H28O6. The fourth-order valence-electron chi connectivity index (χ4n) is 7.31. The van der Waals surface area contributed by atoms with Gasteiger partial charge in [0.05, 0.1) is 5.41 Å². The van der Waals surface area contributed by atoms with Crippen LogP contribution < -0.4 is 0 Å². The third-order valence-corrected chi connectivity index (χ3v) is 8.52. The van der Waals surface area contributed by atoms with E-state index in [1.54, 1.807) is 0 Å². The van der Waals surface area contributed by atoms with Crippen LogP contribution in [0.5, 0.6) is 0 Å². The zero-order chi connectivity index (χ0) is 21.1. The van der Waals surface area contributed by atoms with Gasteiger partial charge in [-0.15, -0.1) is 0 Å². The highest BCUT2D eigenvalue weighted by atomic mass is 16.8. The highest BCUT2D eigenvalue weighted by molar-refractivity contribution is 5.96. The number of esters is 1. The molecule has 1 aliphatic heterocycles. The molecule has 6 nitrogen and oxygen atoms in total. The van der Waals surface area contributed by atoms with Crippen molar-refractivity contribution in [3.05, 3.63) is 23.3 Å². The van der Waals surface area contributed by atoms with Gasteiger partial charge in [0.15, 0.2) is 18.0 Å². The van der Waals surface area contributed by atoms with Crippen LogP contribution in [0.4, 0.5) is 4.79 Å². The number of hydrogen-bond donors (Lipinski definition) is 0. The average molecular weight is 400 g/mol. The summed E-state index contributed by atoms with van der Waals surface area (Å²) in [5.74, 6) is -0.0537. The average Bonchev–Trinajstić information content (AvgIpc) is 2.92. The van der Waals surface area contributed by atoms with Crippen molar-refractivity contribution in [2.75, 3.05) is 0 Å². The lowest BCUT2D eigenvalue weighted by Gasteiger charge is -2.47. The molecule has 1 saturated heterocycles. The van der Waals surface area contributed by atoms with Crippen molar-refractivity contribution in [3.8, 4) is 0 Å². The van der Waals surface area contributed by atoms with Gasteiger partial charge in [-0.1, -0.05) is 32.9 Å². The van der Waals surface area contributed by atoms with Crippen LogP contribution in [-0.2, 0) is 23.8 Å². The molecule has 2 bridgehead atoms. The van der Waals surface area contributed by atoms with E-state index in [4.69, 9.17) is 14.2 Å². The molecule has 2 saturated carbocycles.